The molecule has 1 aliphatic carbocycles. The predicted molar refractivity (Wildman–Crippen MR) is 97.9 cm³/mol. The summed E-state index contributed by atoms with van der Waals surface area (Å²) in [5.41, 5.74) is 1.37. The van der Waals surface area contributed by atoms with Crippen molar-refractivity contribution in [2.75, 3.05) is 5.32 Å². The van der Waals surface area contributed by atoms with Crippen LogP contribution in [0.15, 0.2) is 65.6 Å². The van der Waals surface area contributed by atoms with E-state index in [1.807, 2.05) is 12.1 Å². The molecule has 1 amide bonds. The first-order valence-electron chi connectivity index (χ1n) is 8.47. The van der Waals surface area contributed by atoms with Gasteiger partial charge in [0.05, 0.1) is 18.4 Å². The number of rotatable bonds is 5. The third kappa shape index (κ3) is 4.08. The Labute approximate surface area is 150 Å². The van der Waals surface area contributed by atoms with Crippen LogP contribution < -0.4 is 10.9 Å². The summed E-state index contributed by atoms with van der Waals surface area (Å²) in [6.07, 6.45) is 6.15. The molecular formula is C20H20N2O4. The highest BCUT2D eigenvalue weighted by atomic mass is 16.4. The zero-order valence-electron chi connectivity index (χ0n) is 14.2. The fraction of sp³-hybridized carbons (Fsp3) is 0.250. The predicted octanol–water partition coefficient (Wildman–Crippen LogP) is 2.50. The first kappa shape index (κ1) is 17.7. The number of carbonyl (C=O) groups excluding carboxylic acids is 1. The van der Waals surface area contributed by atoms with E-state index in [2.05, 4.69) is 5.32 Å². The molecule has 0 spiro atoms. The van der Waals surface area contributed by atoms with Gasteiger partial charge in [-0.2, -0.15) is 0 Å². The average molecular weight is 352 g/mol. The number of hydrogen-bond acceptors (Lipinski definition) is 3. The maximum atomic E-state index is 12.5. The number of hydrogen-bond donors (Lipinski definition) is 2. The summed E-state index contributed by atoms with van der Waals surface area (Å²) < 4.78 is 1.58. The van der Waals surface area contributed by atoms with E-state index in [1.54, 1.807) is 47.2 Å². The van der Waals surface area contributed by atoms with E-state index in [4.69, 9.17) is 0 Å². The van der Waals surface area contributed by atoms with E-state index >= 15 is 0 Å². The van der Waals surface area contributed by atoms with Crippen LogP contribution in [0.25, 0.3) is 0 Å². The number of carboxylic acid groups (broad SMARTS) is 1. The van der Waals surface area contributed by atoms with Crippen molar-refractivity contribution in [1.82, 2.24) is 4.57 Å². The molecule has 0 saturated heterocycles. The highest BCUT2D eigenvalue weighted by Gasteiger charge is 2.33. The highest BCUT2D eigenvalue weighted by molar-refractivity contribution is 5.95. The molecule has 1 aromatic heterocycles. The number of amides is 1. The molecule has 0 saturated carbocycles. The molecule has 2 N–H and O–H groups in total. The van der Waals surface area contributed by atoms with Gasteiger partial charge in [0.1, 0.15) is 0 Å². The summed E-state index contributed by atoms with van der Waals surface area (Å²) in [5.74, 6) is -2.54. The van der Waals surface area contributed by atoms with Gasteiger partial charge >= 0.3 is 5.97 Å². The van der Waals surface area contributed by atoms with Crippen molar-refractivity contribution >= 4 is 17.6 Å². The van der Waals surface area contributed by atoms with Gasteiger partial charge in [-0.3, -0.25) is 14.4 Å². The summed E-state index contributed by atoms with van der Waals surface area (Å²) >= 11 is 0. The van der Waals surface area contributed by atoms with E-state index in [9.17, 15) is 19.5 Å². The summed E-state index contributed by atoms with van der Waals surface area (Å²) in [4.78, 5) is 35.7. The average Bonchev–Trinajstić information content (AvgIpc) is 2.64. The van der Waals surface area contributed by atoms with E-state index in [1.165, 1.54) is 6.07 Å². The number of benzene rings is 1. The molecule has 2 aromatic rings. The number of pyridine rings is 1. The molecular weight excluding hydrogens is 332 g/mol. The van der Waals surface area contributed by atoms with Gasteiger partial charge in [0.25, 0.3) is 5.56 Å². The smallest absolute Gasteiger partial charge is 0.307 e. The maximum Gasteiger partial charge on any atom is 0.307 e. The Bertz CT molecular complexity index is 900. The molecule has 6 nitrogen and oxygen atoms in total. The fourth-order valence-electron chi connectivity index (χ4n) is 3.15. The zero-order chi connectivity index (χ0) is 18.5. The van der Waals surface area contributed by atoms with Crippen LogP contribution in [0.4, 0.5) is 5.69 Å². The highest BCUT2D eigenvalue weighted by Crippen LogP contribution is 2.27. The summed E-state index contributed by atoms with van der Waals surface area (Å²) in [5, 5.41) is 12.1. The van der Waals surface area contributed by atoms with E-state index in [0.717, 1.165) is 5.56 Å². The van der Waals surface area contributed by atoms with Crippen LogP contribution in [0.3, 0.4) is 0 Å². The molecule has 0 unspecified atom stereocenters. The molecule has 0 aliphatic heterocycles. The fourth-order valence-corrected chi connectivity index (χ4v) is 3.15. The van der Waals surface area contributed by atoms with E-state index in [0.29, 0.717) is 25.1 Å². The largest absolute Gasteiger partial charge is 0.481 e. The topological polar surface area (TPSA) is 88.4 Å². The number of nitrogens with zero attached hydrogens (tertiary/aromatic N) is 1. The third-order valence-corrected chi connectivity index (χ3v) is 4.53. The van der Waals surface area contributed by atoms with E-state index < -0.39 is 17.8 Å². The second-order valence-electron chi connectivity index (χ2n) is 6.35. The summed E-state index contributed by atoms with van der Waals surface area (Å²) in [6, 6.07) is 12.2. The normalized spacial score (nSPS) is 19.1. The standard InChI is InChI=1S/C20H20N2O4/c23-18-10-3-4-11-22(18)13-14-6-5-7-15(12-14)21-19(24)16-8-1-2-9-17(16)20(25)26/h1-7,10-12,16-17H,8-9,13H2,(H,21,24)(H,25,26)/t16-,17+/m1/s1. The monoisotopic (exact) mass is 352 g/mol. The van der Waals surface area contributed by atoms with Crippen molar-refractivity contribution in [3.8, 4) is 0 Å². The third-order valence-electron chi connectivity index (χ3n) is 4.53. The van der Waals surface area contributed by atoms with E-state index in [-0.39, 0.29) is 11.5 Å². The van der Waals surface area contributed by atoms with Crippen LogP contribution in [-0.2, 0) is 16.1 Å². The molecule has 6 heteroatoms. The van der Waals surface area contributed by atoms with Crippen LogP contribution in [0.5, 0.6) is 0 Å². The van der Waals surface area contributed by atoms with Crippen molar-refractivity contribution in [2.24, 2.45) is 11.8 Å². The first-order valence-corrected chi connectivity index (χ1v) is 8.47. The molecule has 1 heterocycles. The van der Waals surface area contributed by atoms with Crippen molar-refractivity contribution in [3.05, 3.63) is 76.7 Å². The summed E-state index contributed by atoms with van der Waals surface area (Å²) in [7, 11) is 0. The lowest BCUT2D eigenvalue weighted by Crippen LogP contribution is -2.34. The second kappa shape index (κ2) is 7.82. The lowest BCUT2D eigenvalue weighted by atomic mass is 9.82. The van der Waals surface area contributed by atoms with Crippen molar-refractivity contribution < 1.29 is 14.7 Å². The van der Waals surface area contributed by atoms with Crippen molar-refractivity contribution in [3.63, 3.8) is 0 Å². The lowest BCUT2D eigenvalue weighted by Gasteiger charge is -2.24. The number of nitrogens with one attached hydrogen (secondary N) is 1. The zero-order valence-corrected chi connectivity index (χ0v) is 14.2. The molecule has 3 rings (SSSR count). The Morgan fingerprint density at radius 2 is 1.85 bits per heavy atom. The van der Waals surface area contributed by atoms with Gasteiger partial charge in [-0.15, -0.1) is 0 Å². The van der Waals surface area contributed by atoms with Crippen LogP contribution in [0, 0.1) is 11.8 Å². The minimum Gasteiger partial charge on any atom is -0.481 e. The number of anilines is 1. The minimum absolute atomic E-state index is 0.0970. The van der Waals surface area contributed by atoms with Crippen LogP contribution in [0.2, 0.25) is 0 Å². The van der Waals surface area contributed by atoms with Gasteiger partial charge in [-0.1, -0.05) is 30.4 Å². The molecule has 1 aromatic carbocycles. The Kier molecular flexibility index (Phi) is 5.31. The molecule has 0 bridgehead atoms. The molecule has 0 fully saturated rings. The van der Waals surface area contributed by atoms with Gasteiger partial charge in [0.15, 0.2) is 0 Å². The number of allylic oxidation sites excluding steroid dienone is 2. The minimum atomic E-state index is -0.952. The summed E-state index contributed by atoms with van der Waals surface area (Å²) in [6.45, 7) is 0.396. The Morgan fingerprint density at radius 1 is 1.08 bits per heavy atom. The van der Waals surface area contributed by atoms with Crippen molar-refractivity contribution in [1.29, 1.82) is 0 Å². The van der Waals surface area contributed by atoms with Gasteiger partial charge in [-0.05, 0) is 36.6 Å². The van der Waals surface area contributed by atoms with Gasteiger partial charge in [0, 0.05) is 18.0 Å². The van der Waals surface area contributed by atoms with Crippen LogP contribution in [-0.4, -0.2) is 21.6 Å². The SMILES string of the molecule is O=C(O)[C@H]1CC=CC[C@H]1C(=O)Nc1cccc(Cn2ccccc2=O)c1. The molecule has 134 valence electrons. The quantitative estimate of drug-likeness (QED) is 0.809. The maximum absolute atomic E-state index is 12.5. The van der Waals surface area contributed by atoms with Gasteiger partial charge in [-0.25, -0.2) is 0 Å². The Hall–Kier alpha value is -3.15. The number of carboxylic acids is 1. The van der Waals surface area contributed by atoms with Gasteiger partial charge < -0.3 is 15.0 Å². The van der Waals surface area contributed by atoms with Crippen LogP contribution >= 0.6 is 0 Å². The Balaban J connectivity index is 1.73. The molecule has 2 atom stereocenters. The number of carbonyl (C=O) groups is 2. The second-order valence-corrected chi connectivity index (χ2v) is 6.35. The van der Waals surface area contributed by atoms with Crippen molar-refractivity contribution in [2.45, 2.75) is 19.4 Å². The number of aromatic nitrogens is 1. The lowest BCUT2D eigenvalue weighted by molar-refractivity contribution is -0.146. The molecule has 0 radical (unpaired) electrons. The first-order chi connectivity index (χ1) is 12.5. The molecule has 1 aliphatic rings. The van der Waals surface area contributed by atoms with Gasteiger partial charge in [0.2, 0.25) is 5.91 Å². The molecule has 26 heavy (non-hydrogen) atoms. The Morgan fingerprint density at radius 3 is 2.58 bits per heavy atom. The number of aliphatic carboxylic acids is 1. The van der Waals surface area contributed by atoms with Crippen LogP contribution in [0.1, 0.15) is 18.4 Å².